The maximum Gasteiger partial charge on any atom is 0.410 e. The van der Waals surface area contributed by atoms with Crippen LogP contribution in [0.4, 0.5) is 9.59 Å². The van der Waals surface area contributed by atoms with Crippen LogP contribution in [0.25, 0.3) is 0 Å². The van der Waals surface area contributed by atoms with Crippen LogP contribution in [0.2, 0.25) is 0 Å². The molecular formula is C24H36N2O4. The zero-order valence-electron chi connectivity index (χ0n) is 18.6. The zero-order valence-corrected chi connectivity index (χ0v) is 18.6. The number of alkyl carbamates (subject to hydrolysis) is 1. The monoisotopic (exact) mass is 416 g/mol. The molecular weight excluding hydrogens is 380 g/mol. The fourth-order valence-electron chi connectivity index (χ4n) is 4.75. The summed E-state index contributed by atoms with van der Waals surface area (Å²) >= 11 is 0. The minimum absolute atomic E-state index is 0.222. The first-order valence-corrected chi connectivity index (χ1v) is 11.2. The largest absolute Gasteiger partial charge is 0.445 e. The van der Waals surface area contributed by atoms with E-state index in [1.807, 2.05) is 51.1 Å². The van der Waals surface area contributed by atoms with Crippen LogP contribution in [0.15, 0.2) is 30.3 Å². The topological polar surface area (TPSA) is 67.9 Å². The second-order valence-electron chi connectivity index (χ2n) is 9.65. The van der Waals surface area contributed by atoms with Gasteiger partial charge >= 0.3 is 12.2 Å². The number of carbonyl (C=O) groups excluding carboxylic acids is 2. The van der Waals surface area contributed by atoms with Gasteiger partial charge in [-0.2, -0.15) is 0 Å². The number of amides is 2. The van der Waals surface area contributed by atoms with Crippen molar-refractivity contribution in [2.75, 3.05) is 13.1 Å². The second kappa shape index (κ2) is 9.71. The van der Waals surface area contributed by atoms with Crippen molar-refractivity contribution in [3.63, 3.8) is 0 Å². The minimum atomic E-state index is -0.508. The number of nitrogens with one attached hydrogen (secondary N) is 1. The highest BCUT2D eigenvalue weighted by Crippen LogP contribution is 2.40. The summed E-state index contributed by atoms with van der Waals surface area (Å²) in [5, 5.41) is 3.25. The lowest BCUT2D eigenvalue weighted by Gasteiger charge is -2.47. The predicted octanol–water partition coefficient (Wildman–Crippen LogP) is 5.26. The van der Waals surface area contributed by atoms with Gasteiger partial charge in [-0.1, -0.05) is 49.6 Å². The van der Waals surface area contributed by atoms with Gasteiger partial charge in [0.05, 0.1) is 0 Å². The van der Waals surface area contributed by atoms with Crippen LogP contribution < -0.4 is 5.32 Å². The highest BCUT2D eigenvalue weighted by atomic mass is 16.6. The Morgan fingerprint density at radius 3 is 2.30 bits per heavy atom. The van der Waals surface area contributed by atoms with Gasteiger partial charge in [0.25, 0.3) is 0 Å². The molecule has 1 N–H and O–H groups in total. The molecule has 0 bridgehead atoms. The summed E-state index contributed by atoms with van der Waals surface area (Å²) in [4.78, 5) is 26.8. The molecule has 6 heteroatoms. The number of ether oxygens (including phenoxy) is 2. The maximum absolute atomic E-state index is 12.5. The molecule has 6 nitrogen and oxygen atoms in total. The van der Waals surface area contributed by atoms with Crippen molar-refractivity contribution in [2.45, 2.75) is 83.5 Å². The van der Waals surface area contributed by atoms with E-state index in [4.69, 9.17) is 9.47 Å². The fourth-order valence-corrected chi connectivity index (χ4v) is 4.75. The SMILES string of the molecule is CC(C)(C)OC(=O)NC1(C2CCN(C(=O)OCc3ccccc3)CC2)CCCCC1. The number of hydrogen-bond donors (Lipinski definition) is 1. The predicted molar refractivity (Wildman–Crippen MR) is 116 cm³/mol. The van der Waals surface area contributed by atoms with E-state index in [-0.39, 0.29) is 17.7 Å². The van der Waals surface area contributed by atoms with Crippen LogP contribution in [0.3, 0.4) is 0 Å². The standard InChI is InChI=1S/C24H36N2O4/c1-23(2,3)30-21(27)25-24(14-8-5-9-15-24)20-12-16-26(17-13-20)22(28)29-18-19-10-6-4-7-11-19/h4,6-7,10-11,20H,5,8-9,12-18H2,1-3H3,(H,25,27). The Kier molecular flexibility index (Phi) is 7.27. The quantitative estimate of drug-likeness (QED) is 0.727. The molecule has 2 amide bonds. The molecule has 0 atom stereocenters. The normalized spacial score (nSPS) is 19.8. The Hall–Kier alpha value is -2.24. The molecule has 166 valence electrons. The van der Waals surface area contributed by atoms with Crippen molar-refractivity contribution in [1.82, 2.24) is 10.2 Å². The van der Waals surface area contributed by atoms with Gasteiger partial charge < -0.3 is 19.7 Å². The number of piperidine rings is 1. The molecule has 30 heavy (non-hydrogen) atoms. The molecule has 2 fully saturated rings. The van der Waals surface area contributed by atoms with Gasteiger partial charge in [-0.25, -0.2) is 9.59 Å². The summed E-state index contributed by atoms with van der Waals surface area (Å²) in [6.45, 7) is 7.29. The Morgan fingerprint density at radius 1 is 1.07 bits per heavy atom. The van der Waals surface area contributed by atoms with Crippen LogP contribution in [0.1, 0.15) is 71.3 Å². The number of benzene rings is 1. The molecule has 2 aliphatic rings. The molecule has 1 heterocycles. The van der Waals surface area contributed by atoms with Crippen LogP contribution in [0.5, 0.6) is 0 Å². The third-order valence-corrected chi connectivity index (χ3v) is 6.24. The Balaban J connectivity index is 1.55. The van der Waals surface area contributed by atoms with E-state index in [2.05, 4.69) is 5.32 Å². The molecule has 1 aromatic carbocycles. The van der Waals surface area contributed by atoms with Crippen LogP contribution in [-0.4, -0.2) is 41.3 Å². The summed E-state index contributed by atoms with van der Waals surface area (Å²) in [5.41, 5.74) is 0.260. The molecule has 1 saturated carbocycles. The third kappa shape index (κ3) is 6.13. The highest BCUT2D eigenvalue weighted by Gasteiger charge is 2.43. The summed E-state index contributed by atoms with van der Waals surface area (Å²) in [6, 6.07) is 9.73. The van der Waals surface area contributed by atoms with E-state index in [1.165, 1.54) is 6.42 Å². The summed E-state index contributed by atoms with van der Waals surface area (Å²) < 4.78 is 11.0. The first-order valence-electron chi connectivity index (χ1n) is 11.2. The molecule has 1 aromatic rings. The molecule has 0 spiro atoms. The molecule has 0 unspecified atom stereocenters. The van der Waals surface area contributed by atoms with E-state index < -0.39 is 5.60 Å². The highest BCUT2D eigenvalue weighted by molar-refractivity contribution is 5.69. The average molecular weight is 417 g/mol. The van der Waals surface area contributed by atoms with E-state index >= 15 is 0 Å². The van der Waals surface area contributed by atoms with Gasteiger partial charge in [-0.05, 0) is 57.9 Å². The van der Waals surface area contributed by atoms with Crippen molar-refractivity contribution in [3.8, 4) is 0 Å². The van der Waals surface area contributed by atoms with E-state index in [0.29, 0.717) is 25.6 Å². The number of carbonyl (C=O) groups is 2. The maximum atomic E-state index is 12.5. The lowest BCUT2D eigenvalue weighted by atomic mass is 9.69. The smallest absolute Gasteiger partial charge is 0.410 e. The van der Waals surface area contributed by atoms with Gasteiger partial charge in [0.1, 0.15) is 12.2 Å². The Labute approximate surface area is 180 Å². The lowest BCUT2D eigenvalue weighted by Crippen LogP contribution is -2.58. The Morgan fingerprint density at radius 2 is 1.70 bits per heavy atom. The van der Waals surface area contributed by atoms with Gasteiger partial charge in [0, 0.05) is 18.6 Å². The average Bonchev–Trinajstić information content (AvgIpc) is 2.72. The van der Waals surface area contributed by atoms with Crippen molar-refractivity contribution < 1.29 is 19.1 Å². The van der Waals surface area contributed by atoms with Crippen molar-refractivity contribution in [2.24, 2.45) is 5.92 Å². The van der Waals surface area contributed by atoms with Crippen molar-refractivity contribution in [3.05, 3.63) is 35.9 Å². The second-order valence-corrected chi connectivity index (χ2v) is 9.65. The van der Waals surface area contributed by atoms with Crippen molar-refractivity contribution >= 4 is 12.2 Å². The molecule has 3 rings (SSSR count). The van der Waals surface area contributed by atoms with Crippen LogP contribution in [-0.2, 0) is 16.1 Å². The summed E-state index contributed by atoms with van der Waals surface area (Å²) in [7, 11) is 0. The first-order chi connectivity index (χ1) is 14.3. The van der Waals surface area contributed by atoms with Crippen molar-refractivity contribution in [1.29, 1.82) is 0 Å². The van der Waals surface area contributed by atoms with Crippen LogP contribution >= 0.6 is 0 Å². The molecule has 0 aromatic heterocycles. The number of nitrogens with zero attached hydrogens (tertiary/aromatic N) is 1. The minimum Gasteiger partial charge on any atom is -0.445 e. The number of hydrogen-bond acceptors (Lipinski definition) is 4. The molecule has 1 saturated heterocycles. The summed E-state index contributed by atoms with van der Waals surface area (Å²) in [6.07, 6.45) is 6.58. The number of rotatable bonds is 4. The first kappa shape index (κ1) is 22.4. The molecule has 0 radical (unpaired) electrons. The van der Waals surface area contributed by atoms with Gasteiger partial charge in [0.2, 0.25) is 0 Å². The zero-order chi connectivity index (χ0) is 21.6. The molecule has 1 aliphatic heterocycles. The fraction of sp³-hybridized carbons (Fsp3) is 0.667. The lowest BCUT2D eigenvalue weighted by molar-refractivity contribution is 0.0237. The van der Waals surface area contributed by atoms with E-state index in [1.54, 1.807) is 4.90 Å². The number of likely N-dealkylation sites (tertiary alicyclic amines) is 1. The van der Waals surface area contributed by atoms with Gasteiger partial charge in [0.15, 0.2) is 0 Å². The van der Waals surface area contributed by atoms with Gasteiger partial charge in [-0.15, -0.1) is 0 Å². The summed E-state index contributed by atoms with van der Waals surface area (Å²) in [5.74, 6) is 0.350. The van der Waals surface area contributed by atoms with E-state index in [0.717, 1.165) is 44.1 Å². The Bertz CT molecular complexity index is 700. The van der Waals surface area contributed by atoms with Crippen LogP contribution in [0, 0.1) is 5.92 Å². The van der Waals surface area contributed by atoms with E-state index in [9.17, 15) is 9.59 Å². The van der Waals surface area contributed by atoms with Gasteiger partial charge in [-0.3, -0.25) is 0 Å². The third-order valence-electron chi connectivity index (χ3n) is 6.24. The molecule has 1 aliphatic carbocycles.